The molecule has 2 radical (unpaired) electrons. The lowest BCUT2D eigenvalue weighted by molar-refractivity contribution is -0.270. The monoisotopic (exact) mass is 717 g/mol. The molecule has 8 N–H and O–H groups in total. The number of aryl methyl sites for hydroxylation is 2. The Hall–Kier alpha value is -3.91. The number of allylic oxidation sites excluding steroid dienone is 6. The highest BCUT2D eigenvalue weighted by atomic mass is 16.4. The average molecular weight is 717 g/mol. The highest BCUT2D eigenvalue weighted by Crippen LogP contribution is 2.48. The Labute approximate surface area is 316 Å². The normalized spacial score (nSPS) is 19.6. The molecule has 0 unspecified atom stereocenters. The number of carboxylic acid groups (broad SMARTS) is 1. The molecule has 0 amide bonds. The first-order chi connectivity index (χ1) is 24.6. The van der Waals surface area contributed by atoms with E-state index in [0.29, 0.717) is 17.5 Å². The fourth-order valence-electron chi connectivity index (χ4n) is 7.59. The molecule has 2 aliphatic rings. The molecule has 0 saturated carbocycles. The fourth-order valence-corrected chi connectivity index (χ4v) is 7.59. The predicted molar refractivity (Wildman–Crippen MR) is 216 cm³/mol. The summed E-state index contributed by atoms with van der Waals surface area (Å²) in [4.78, 5) is 11.8. The molecule has 0 heterocycles. The maximum absolute atomic E-state index is 13.1. The zero-order valence-electron chi connectivity index (χ0n) is 34.0. The standard InChI is InChI=1S/C22H30O4.C21H30O2.CH3B.H3N/c1-5-6-7-8-15-12-18(23)20(21(24)19(15)22(25)26)17-11-14(4)9-10-16(17)13(2)3;1-5-6-7-8-16-12-19(22)21(20(23)13-16)18-11-15(4)9-10-17(18)14(2)3;1-2;/h11-12,16-17,23-24H,2,5-10H2,1,3-4H3,(H,25,26);11-13,17-18,22-23H,2,5-10H2,1,3-4H3;1H3;1H3/t16-,17+;17-,18+;;/m00../s1/i;;1D;. The number of carbonyl (C=O) groups is 1. The van der Waals surface area contributed by atoms with Gasteiger partial charge in [-0.05, 0) is 126 Å². The number of aromatic hydroxyl groups is 3. The molecule has 4 atom stereocenters. The van der Waals surface area contributed by atoms with Crippen LogP contribution in [-0.4, -0.2) is 34.2 Å². The molecule has 0 bridgehead atoms. The van der Waals surface area contributed by atoms with Gasteiger partial charge in [0, 0.05) is 18.8 Å². The Morgan fingerprint density at radius 2 is 1.25 bits per heavy atom. The average Bonchev–Trinajstić information content (AvgIpc) is 3.05. The van der Waals surface area contributed by atoms with Crippen LogP contribution in [0.3, 0.4) is 0 Å². The van der Waals surface area contributed by atoms with Crippen LogP contribution in [0.5, 0.6) is 23.0 Å². The van der Waals surface area contributed by atoms with Gasteiger partial charge in [0.1, 0.15) is 17.2 Å². The number of rotatable bonds is 13. The summed E-state index contributed by atoms with van der Waals surface area (Å²) in [5.74, 6) is -1.41. The summed E-state index contributed by atoms with van der Waals surface area (Å²) in [5, 5.41) is 54.4. The quantitative estimate of drug-likeness (QED) is 0.0788. The van der Waals surface area contributed by atoms with E-state index in [9.17, 15) is 30.3 Å². The van der Waals surface area contributed by atoms with Crippen LogP contribution in [0.1, 0.15) is 152 Å². The second kappa shape index (κ2) is 22.2. The van der Waals surface area contributed by atoms with Crippen LogP contribution in [0.15, 0.2) is 65.8 Å². The van der Waals surface area contributed by atoms with Gasteiger partial charge in [-0.1, -0.05) is 99.7 Å². The first kappa shape index (κ1) is 44.3. The summed E-state index contributed by atoms with van der Waals surface area (Å²) in [6.07, 6.45) is 15.6. The van der Waals surface area contributed by atoms with Crippen molar-refractivity contribution in [2.75, 3.05) is 0 Å². The highest BCUT2D eigenvalue weighted by Gasteiger charge is 2.31. The Kier molecular flexibility index (Phi) is 18.9. The van der Waals surface area contributed by atoms with E-state index in [2.05, 4.69) is 47.9 Å². The molecule has 52 heavy (non-hydrogen) atoms. The number of aromatic carboxylic acids is 1. The van der Waals surface area contributed by atoms with E-state index in [1.54, 1.807) is 0 Å². The Balaban J connectivity index is 0.000000488. The van der Waals surface area contributed by atoms with Gasteiger partial charge in [-0.15, -0.1) is 0 Å². The second-order valence-corrected chi connectivity index (χ2v) is 14.5. The van der Waals surface area contributed by atoms with Crippen molar-refractivity contribution in [3.63, 3.8) is 0 Å². The van der Waals surface area contributed by atoms with Crippen molar-refractivity contribution in [3.05, 3.63) is 93.6 Å². The van der Waals surface area contributed by atoms with Crippen molar-refractivity contribution in [3.8, 4) is 23.0 Å². The summed E-state index contributed by atoms with van der Waals surface area (Å²) in [7, 11) is 4.51. The van der Waals surface area contributed by atoms with Crippen molar-refractivity contribution in [2.45, 2.75) is 137 Å². The number of unbranched alkanes of at least 4 members (excludes halogenated alkanes) is 4. The summed E-state index contributed by atoms with van der Waals surface area (Å²) < 4.78 is 5.99. The van der Waals surface area contributed by atoms with Gasteiger partial charge in [-0.2, -0.15) is 0 Å². The minimum Gasteiger partial charge on any atom is -0.872 e. The van der Waals surface area contributed by atoms with Crippen LogP contribution in [0, 0.1) is 11.8 Å². The lowest BCUT2D eigenvalue weighted by Crippen LogP contribution is -2.20. The molecule has 0 aliphatic heterocycles. The lowest BCUT2D eigenvalue weighted by Gasteiger charge is -2.34. The molecular weight excluding hydrogens is 649 g/mol. The van der Waals surface area contributed by atoms with Crippen molar-refractivity contribution in [1.82, 2.24) is 6.15 Å². The number of phenolic OH excluding ortho intramolecular Hbond substituents is 3. The Morgan fingerprint density at radius 1 is 0.827 bits per heavy atom. The van der Waals surface area contributed by atoms with Crippen molar-refractivity contribution < 1.29 is 31.7 Å². The molecule has 0 saturated heterocycles. The number of quaternary nitrogens is 1. The highest BCUT2D eigenvalue weighted by molar-refractivity contribution is 6.05. The molecule has 286 valence electrons. The SMILES string of the molecule is C=C(C)[C@@H]1CCC(C)=C[C@H]1c1c(O)cc(CCCCC)c(C(=O)O)c1[O-].C=C(C)[C@@H]1CCC(C)=C[C@H]1c1c(O)cc(CCCCC)cc1O.[2H]C[B].[NH4+]. The van der Waals surface area contributed by atoms with Crippen LogP contribution in [0.2, 0.25) is 6.80 Å². The van der Waals surface area contributed by atoms with E-state index in [-0.39, 0.29) is 65.0 Å². The van der Waals surface area contributed by atoms with Gasteiger partial charge in [0.05, 0.1) is 13.4 Å². The maximum Gasteiger partial charge on any atom is 0.335 e. The topological polar surface area (TPSA) is 158 Å². The smallest absolute Gasteiger partial charge is 0.335 e. The molecule has 0 aromatic heterocycles. The van der Waals surface area contributed by atoms with Gasteiger partial charge in [-0.25, -0.2) is 4.79 Å². The van der Waals surface area contributed by atoms with E-state index in [1.165, 1.54) is 24.5 Å². The number of hydrogen-bond donors (Lipinski definition) is 5. The van der Waals surface area contributed by atoms with Crippen LogP contribution in [-0.2, 0) is 12.8 Å². The molecule has 8 heteroatoms. The molecule has 0 spiro atoms. The number of hydrogen-bond acceptors (Lipinski definition) is 5. The van der Waals surface area contributed by atoms with Gasteiger partial charge in [0.2, 0.25) is 0 Å². The largest absolute Gasteiger partial charge is 0.872 e. The van der Waals surface area contributed by atoms with Gasteiger partial charge in [0.25, 0.3) is 0 Å². The number of phenols is 3. The lowest BCUT2D eigenvalue weighted by atomic mass is 9.73. The molecule has 4 rings (SSSR count). The third kappa shape index (κ3) is 12.1. The van der Waals surface area contributed by atoms with Gasteiger partial charge in [0.15, 0.2) is 0 Å². The van der Waals surface area contributed by atoms with Gasteiger partial charge in [-0.3, -0.25) is 0 Å². The Bertz CT molecular complexity index is 1580. The summed E-state index contributed by atoms with van der Waals surface area (Å²) in [6.45, 7) is 20.5. The number of carboxylic acids is 1. The number of benzene rings is 2. The zero-order chi connectivity index (χ0) is 39.1. The molecular formula is C44H66BNO6. The van der Waals surface area contributed by atoms with Gasteiger partial charge >= 0.3 is 5.97 Å². The van der Waals surface area contributed by atoms with Crippen LogP contribution in [0.4, 0.5) is 0 Å². The first-order valence-electron chi connectivity index (χ1n) is 19.3. The third-order valence-electron chi connectivity index (χ3n) is 10.3. The summed E-state index contributed by atoms with van der Waals surface area (Å²) >= 11 is 0. The van der Waals surface area contributed by atoms with E-state index < -0.39 is 11.7 Å². The van der Waals surface area contributed by atoms with Gasteiger partial charge < -0.3 is 31.7 Å². The van der Waals surface area contributed by atoms with E-state index >= 15 is 0 Å². The van der Waals surface area contributed by atoms with Crippen molar-refractivity contribution >= 4 is 13.8 Å². The molecule has 2 aromatic carbocycles. The summed E-state index contributed by atoms with van der Waals surface area (Å²) in [6, 6.07) is 5.15. The first-order valence-corrected chi connectivity index (χ1v) is 18.6. The van der Waals surface area contributed by atoms with Crippen molar-refractivity contribution in [1.29, 1.82) is 0 Å². The van der Waals surface area contributed by atoms with E-state index in [4.69, 9.17) is 1.37 Å². The summed E-state index contributed by atoms with van der Waals surface area (Å²) in [5.41, 5.74) is 6.65. The van der Waals surface area contributed by atoms with Crippen molar-refractivity contribution in [2.24, 2.45) is 11.8 Å². The molecule has 2 aliphatic carbocycles. The Morgan fingerprint density at radius 3 is 1.67 bits per heavy atom. The van der Waals surface area contributed by atoms with E-state index in [0.717, 1.165) is 80.1 Å². The second-order valence-electron chi connectivity index (χ2n) is 14.5. The maximum atomic E-state index is 13.1. The molecule has 0 fully saturated rings. The van der Waals surface area contributed by atoms with Crippen LogP contribution in [0.25, 0.3) is 0 Å². The molecule has 7 nitrogen and oxygen atoms in total. The predicted octanol–water partition coefficient (Wildman–Crippen LogP) is 11.3. The minimum absolute atomic E-state index is 0. The minimum atomic E-state index is -1.22. The van der Waals surface area contributed by atoms with Crippen LogP contribution >= 0.6 is 0 Å². The zero-order valence-corrected chi connectivity index (χ0v) is 33.0. The van der Waals surface area contributed by atoms with E-state index in [1.807, 2.05) is 39.0 Å². The third-order valence-corrected chi connectivity index (χ3v) is 10.3. The fraction of sp³-hybridized carbons (Fsp3) is 0.523. The van der Waals surface area contributed by atoms with Crippen LogP contribution < -0.4 is 11.3 Å². The molecule has 2 aromatic rings.